The molecular weight excluding hydrogens is 432 g/mol. The fourth-order valence-corrected chi connectivity index (χ4v) is 6.53. The Kier molecular flexibility index (Phi) is 8.22. The van der Waals surface area contributed by atoms with Crippen molar-refractivity contribution >= 4 is 0 Å². The minimum absolute atomic E-state index is 0.642. The second-order valence-electron chi connectivity index (χ2n) is 11.2. The molecule has 0 aliphatic heterocycles. The molecule has 2 aliphatic carbocycles. The zero-order valence-corrected chi connectivity index (χ0v) is 21.9. The van der Waals surface area contributed by atoms with Crippen molar-refractivity contribution in [1.29, 1.82) is 0 Å². The minimum Gasteiger partial charge on any atom is -0.103 e. The highest BCUT2D eigenvalue weighted by Gasteiger charge is 2.23. The number of benzene rings is 3. The number of fused-ring (bicyclic) bond motifs is 1. The van der Waals surface area contributed by atoms with Crippen molar-refractivity contribution in [2.24, 2.45) is 5.92 Å². The smallest absolute Gasteiger partial charge is 0.0118 e. The lowest BCUT2D eigenvalue weighted by molar-refractivity contribution is 0.312. The number of rotatable bonds is 9. The van der Waals surface area contributed by atoms with Gasteiger partial charge in [-0.1, -0.05) is 78.9 Å². The van der Waals surface area contributed by atoms with E-state index in [0.29, 0.717) is 5.92 Å². The summed E-state index contributed by atoms with van der Waals surface area (Å²) in [4.78, 5) is 0. The highest BCUT2D eigenvalue weighted by Crippen LogP contribution is 2.39. The number of aryl methyl sites for hydroxylation is 2. The molecule has 3 aromatic rings. The van der Waals surface area contributed by atoms with E-state index in [1.807, 2.05) is 6.08 Å². The highest BCUT2D eigenvalue weighted by atomic mass is 14.3. The van der Waals surface area contributed by atoms with Crippen LogP contribution >= 0.6 is 0 Å². The van der Waals surface area contributed by atoms with Crippen molar-refractivity contribution in [3.05, 3.63) is 120 Å². The highest BCUT2D eigenvalue weighted by molar-refractivity contribution is 5.65. The number of hydrogen-bond acceptors (Lipinski definition) is 0. The van der Waals surface area contributed by atoms with Crippen molar-refractivity contribution in [3.63, 3.8) is 0 Å². The molecule has 0 radical (unpaired) electrons. The molecule has 1 saturated carbocycles. The molecule has 186 valence electrons. The number of hydrogen-bond donors (Lipinski definition) is 0. The quantitative estimate of drug-likeness (QED) is 0.271. The van der Waals surface area contributed by atoms with Crippen LogP contribution in [0.3, 0.4) is 0 Å². The molecule has 1 atom stereocenters. The topological polar surface area (TPSA) is 0 Å². The fourth-order valence-electron chi connectivity index (χ4n) is 6.53. The summed E-state index contributed by atoms with van der Waals surface area (Å²) in [7, 11) is 0. The monoisotopic (exact) mass is 474 g/mol. The Hall–Kier alpha value is -2.86. The van der Waals surface area contributed by atoms with Gasteiger partial charge in [-0.3, -0.25) is 0 Å². The van der Waals surface area contributed by atoms with Crippen LogP contribution in [-0.4, -0.2) is 0 Å². The zero-order chi connectivity index (χ0) is 24.7. The van der Waals surface area contributed by atoms with E-state index in [-0.39, 0.29) is 0 Å². The molecular formula is C36H42. The molecule has 2 aliphatic rings. The van der Waals surface area contributed by atoms with Gasteiger partial charge in [0.25, 0.3) is 0 Å². The normalized spacial score (nSPS) is 21.5. The van der Waals surface area contributed by atoms with Gasteiger partial charge in [0.2, 0.25) is 0 Å². The van der Waals surface area contributed by atoms with Crippen LogP contribution in [0.1, 0.15) is 91.0 Å². The summed E-state index contributed by atoms with van der Waals surface area (Å²) < 4.78 is 0. The van der Waals surface area contributed by atoms with Crippen molar-refractivity contribution in [2.45, 2.75) is 82.5 Å². The maximum atomic E-state index is 3.89. The maximum absolute atomic E-state index is 3.89. The molecule has 0 N–H and O–H groups in total. The van der Waals surface area contributed by atoms with Crippen LogP contribution in [0.4, 0.5) is 0 Å². The maximum Gasteiger partial charge on any atom is -0.0118 e. The van der Waals surface area contributed by atoms with Gasteiger partial charge in [0, 0.05) is 0 Å². The second kappa shape index (κ2) is 11.9. The van der Waals surface area contributed by atoms with Crippen molar-refractivity contribution in [2.75, 3.05) is 0 Å². The molecule has 36 heavy (non-hydrogen) atoms. The fraction of sp³-hybridized carbons (Fsp3) is 0.389. The summed E-state index contributed by atoms with van der Waals surface area (Å²) >= 11 is 0. The summed E-state index contributed by atoms with van der Waals surface area (Å²) in [5, 5.41) is 0. The average Bonchev–Trinajstić information content (AvgIpc) is 2.95. The van der Waals surface area contributed by atoms with Crippen LogP contribution in [0.2, 0.25) is 0 Å². The first kappa shape index (κ1) is 24.8. The SMILES string of the molecule is C=CCCc1ccc(C2CCc3cc(-c4ccc(C5CCC(CCC=C)CC5)cc4)ccc3C2)cc1. The molecule has 5 rings (SSSR count). The van der Waals surface area contributed by atoms with Crippen molar-refractivity contribution < 1.29 is 0 Å². The lowest BCUT2D eigenvalue weighted by Crippen LogP contribution is -2.13. The third-order valence-electron chi connectivity index (χ3n) is 8.86. The van der Waals surface area contributed by atoms with E-state index in [9.17, 15) is 0 Å². The Morgan fingerprint density at radius 2 is 1.31 bits per heavy atom. The summed E-state index contributed by atoms with van der Waals surface area (Å²) in [5.41, 5.74) is 10.3. The summed E-state index contributed by atoms with van der Waals surface area (Å²) in [5.74, 6) is 2.30. The van der Waals surface area contributed by atoms with E-state index < -0.39 is 0 Å². The van der Waals surface area contributed by atoms with E-state index in [1.165, 1.54) is 84.7 Å². The van der Waals surface area contributed by atoms with E-state index in [4.69, 9.17) is 0 Å². The molecule has 3 aromatic carbocycles. The Morgan fingerprint density at radius 3 is 2.03 bits per heavy atom. The first-order valence-corrected chi connectivity index (χ1v) is 14.3. The first-order valence-electron chi connectivity index (χ1n) is 14.3. The van der Waals surface area contributed by atoms with Crippen LogP contribution in [0, 0.1) is 5.92 Å². The van der Waals surface area contributed by atoms with Crippen LogP contribution < -0.4 is 0 Å². The van der Waals surface area contributed by atoms with E-state index >= 15 is 0 Å². The molecule has 0 amide bonds. The van der Waals surface area contributed by atoms with Crippen LogP contribution in [0.25, 0.3) is 11.1 Å². The van der Waals surface area contributed by atoms with Gasteiger partial charge in [-0.2, -0.15) is 0 Å². The standard InChI is InChI=1S/C36H42/c1-3-5-7-27-9-13-29(14-10-27)30-17-19-32(20-18-30)34-22-24-35-25-33(21-23-36(35)26-34)31-15-11-28(12-16-31)8-6-4-2/h3-4,11-12,15-20,22,24,26-27,29,33H,1-2,5-10,13-14,21,23,25H2. The van der Waals surface area contributed by atoms with Gasteiger partial charge in [0.1, 0.15) is 0 Å². The largest absolute Gasteiger partial charge is 0.103 e. The molecule has 0 heteroatoms. The third kappa shape index (κ3) is 5.92. The summed E-state index contributed by atoms with van der Waals surface area (Å²) in [6.07, 6.45) is 17.8. The van der Waals surface area contributed by atoms with Gasteiger partial charge in [0.15, 0.2) is 0 Å². The summed E-state index contributed by atoms with van der Waals surface area (Å²) in [6.45, 7) is 7.73. The van der Waals surface area contributed by atoms with Crippen LogP contribution in [0.5, 0.6) is 0 Å². The molecule has 0 saturated heterocycles. The molecule has 0 aromatic heterocycles. The van der Waals surface area contributed by atoms with Crippen molar-refractivity contribution in [3.8, 4) is 11.1 Å². The van der Waals surface area contributed by atoms with Crippen molar-refractivity contribution in [1.82, 2.24) is 0 Å². The third-order valence-corrected chi connectivity index (χ3v) is 8.86. The molecule has 0 bridgehead atoms. The van der Waals surface area contributed by atoms with E-state index in [2.05, 4.69) is 86.0 Å². The van der Waals surface area contributed by atoms with Gasteiger partial charge in [-0.25, -0.2) is 0 Å². The average molecular weight is 475 g/mol. The summed E-state index contributed by atoms with van der Waals surface area (Å²) in [6, 6.07) is 26.1. The van der Waals surface area contributed by atoms with E-state index in [0.717, 1.165) is 31.1 Å². The molecule has 0 heterocycles. The zero-order valence-electron chi connectivity index (χ0n) is 21.9. The molecule has 1 unspecified atom stereocenters. The Bertz CT molecular complexity index is 1140. The predicted molar refractivity (Wildman–Crippen MR) is 156 cm³/mol. The molecule has 0 spiro atoms. The molecule has 1 fully saturated rings. The predicted octanol–water partition coefficient (Wildman–Crippen LogP) is 9.98. The second-order valence-corrected chi connectivity index (χ2v) is 11.2. The lowest BCUT2D eigenvalue weighted by atomic mass is 9.77. The Morgan fingerprint density at radius 1 is 0.639 bits per heavy atom. The lowest BCUT2D eigenvalue weighted by Gasteiger charge is -2.28. The van der Waals surface area contributed by atoms with Gasteiger partial charge in [-0.15, -0.1) is 13.2 Å². The van der Waals surface area contributed by atoms with Gasteiger partial charge < -0.3 is 0 Å². The van der Waals surface area contributed by atoms with Crippen LogP contribution in [0.15, 0.2) is 92.0 Å². The van der Waals surface area contributed by atoms with Gasteiger partial charge in [0.05, 0.1) is 0 Å². The minimum atomic E-state index is 0.642. The Labute approximate surface area is 219 Å². The van der Waals surface area contributed by atoms with E-state index in [1.54, 1.807) is 5.56 Å². The van der Waals surface area contributed by atoms with Crippen LogP contribution in [-0.2, 0) is 19.3 Å². The van der Waals surface area contributed by atoms with Gasteiger partial charge >= 0.3 is 0 Å². The Balaban J connectivity index is 1.21. The molecule has 0 nitrogen and oxygen atoms in total. The van der Waals surface area contributed by atoms with Gasteiger partial charge in [-0.05, 0) is 127 Å². The first-order chi connectivity index (χ1) is 17.7. The number of allylic oxidation sites excluding steroid dienone is 2.